The molecule has 25 heavy (non-hydrogen) atoms. The van der Waals surface area contributed by atoms with Crippen LogP contribution in [0.15, 0.2) is 84.9 Å². The van der Waals surface area contributed by atoms with E-state index in [-0.39, 0.29) is 0 Å². The molecule has 0 heteroatoms. The summed E-state index contributed by atoms with van der Waals surface area (Å²) >= 11 is 0. The molecule has 0 aliphatic rings. The van der Waals surface area contributed by atoms with Gasteiger partial charge in [0.2, 0.25) is 0 Å². The first-order chi connectivity index (χ1) is 12.3. The van der Waals surface area contributed by atoms with Gasteiger partial charge in [-0.05, 0) is 41.0 Å². The second kappa shape index (κ2) is 8.67. The van der Waals surface area contributed by atoms with E-state index < -0.39 is 0 Å². The highest BCUT2D eigenvalue weighted by Crippen LogP contribution is 2.32. The minimum atomic E-state index is 0.581. The Morgan fingerprint density at radius 3 is 1.92 bits per heavy atom. The Morgan fingerprint density at radius 2 is 1.28 bits per heavy atom. The van der Waals surface area contributed by atoms with Gasteiger partial charge in [-0.3, -0.25) is 0 Å². The quantitative estimate of drug-likeness (QED) is 0.465. The van der Waals surface area contributed by atoms with Crippen molar-refractivity contribution in [2.75, 3.05) is 0 Å². The monoisotopic (exact) mass is 327 g/mol. The summed E-state index contributed by atoms with van der Waals surface area (Å²) in [4.78, 5) is 0. The van der Waals surface area contributed by atoms with Crippen molar-refractivity contribution < 1.29 is 0 Å². The summed E-state index contributed by atoms with van der Waals surface area (Å²) < 4.78 is 0. The van der Waals surface area contributed by atoms with Gasteiger partial charge < -0.3 is 0 Å². The van der Waals surface area contributed by atoms with Gasteiger partial charge in [-0.1, -0.05) is 105 Å². The highest BCUT2D eigenvalue weighted by Gasteiger charge is 2.21. The number of benzene rings is 3. The van der Waals surface area contributed by atoms with Crippen LogP contribution < -0.4 is 0 Å². The Hall–Kier alpha value is -2.34. The summed E-state index contributed by atoms with van der Waals surface area (Å²) in [6, 6.07) is 30.6. The van der Waals surface area contributed by atoms with Crippen LogP contribution in [0.25, 0.3) is 0 Å². The molecule has 0 heterocycles. The van der Waals surface area contributed by atoms with Gasteiger partial charge in [0.05, 0.1) is 0 Å². The molecule has 1 unspecified atom stereocenters. The van der Waals surface area contributed by atoms with Gasteiger partial charge in [0.25, 0.3) is 0 Å². The van der Waals surface area contributed by atoms with Gasteiger partial charge in [0.1, 0.15) is 0 Å². The molecule has 3 aromatic carbocycles. The molecule has 0 saturated heterocycles. The molecule has 0 bridgehead atoms. The topological polar surface area (TPSA) is 0 Å². The van der Waals surface area contributed by atoms with Gasteiger partial charge in [-0.2, -0.15) is 0 Å². The van der Waals surface area contributed by atoms with Gasteiger partial charge in [0.15, 0.2) is 0 Å². The fraction of sp³-hybridized carbons (Fsp3) is 0.240. The first-order valence-electron chi connectivity index (χ1n) is 9.29. The van der Waals surface area contributed by atoms with Crippen molar-refractivity contribution in [3.8, 4) is 0 Å². The molecule has 0 N–H and O–H groups in total. The maximum Gasteiger partial charge on any atom is 0.0124 e. The highest BCUT2D eigenvalue weighted by molar-refractivity contribution is 5.44. The van der Waals surface area contributed by atoms with Gasteiger partial charge in [-0.15, -0.1) is 0 Å². The molecule has 0 aliphatic heterocycles. The summed E-state index contributed by atoms with van der Waals surface area (Å²) in [6.07, 6.45) is 3.19. The van der Waals surface area contributed by atoms with Crippen LogP contribution in [-0.2, 0) is 12.8 Å². The molecule has 0 aromatic heterocycles. The summed E-state index contributed by atoms with van der Waals surface area (Å²) in [6.45, 7) is 4.65. The smallest absolute Gasteiger partial charge is 0.0124 e. The van der Waals surface area contributed by atoms with E-state index in [2.05, 4.69) is 98.8 Å². The standard InChI is InChI=1S/C25H27/c1-3-20(2)25(19-22-14-8-5-9-15-22)24-17-11-10-16-23(24)18-21-12-6-4-7-13-21/h4-17,20H,3,18-19H2,1-2H3. The van der Waals surface area contributed by atoms with E-state index >= 15 is 0 Å². The fourth-order valence-electron chi connectivity index (χ4n) is 3.40. The molecular formula is C25H27. The average molecular weight is 327 g/mol. The van der Waals surface area contributed by atoms with Crippen LogP contribution in [0.4, 0.5) is 0 Å². The number of hydrogen-bond donors (Lipinski definition) is 0. The fourth-order valence-corrected chi connectivity index (χ4v) is 3.40. The van der Waals surface area contributed by atoms with Gasteiger partial charge in [-0.25, -0.2) is 0 Å². The number of rotatable bonds is 7. The maximum atomic E-state index is 2.36. The van der Waals surface area contributed by atoms with Crippen molar-refractivity contribution in [3.63, 3.8) is 0 Å². The molecule has 0 nitrogen and oxygen atoms in total. The normalized spacial score (nSPS) is 12.3. The van der Waals surface area contributed by atoms with Crippen molar-refractivity contribution >= 4 is 0 Å². The largest absolute Gasteiger partial charge is 0.0651 e. The minimum absolute atomic E-state index is 0.581. The van der Waals surface area contributed by atoms with Crippen LogP contribution >= 0.6 is 0 Å². The molecule has 0 aliphatic carbocycles. The molecule has 0 fully saturated rings. The van der Waals surface area contributed by atoms with E-state index in [1.807, 2.05) is 0 Å². The molecule has 3 aromatic rings. The zero-order valence-electron chi connectivity index (χ0n) is 15.3. The first-order valence-corrected chi connectivity index (χ1v) is 9.29. The maximum absolute atomic E-state index is 2.36. The lowest BCUT2D eigenvalue weighted by Gasteiger charge is -2.25. The molecular weight excluding hydrogens is 300 g/mol. The zero-order valence-corrected chi connectivity index (χ0v) is 15.3. The van der Waals surface area contributed by atoms with Crippen molar-refractivity contribution in [2.45, 2.75) is 33.1 Å². The third-order valence-corrected chi connectivity index (χ3v) is 5.05. The molecule has 0 saturated carbocycles. The SMILES string of the molecule is CCC(C)[C](Cc1ccccc1)c1ccccc1Cc1ccccc1. The minimum Gasteiger partial charge on any atom is -0.0651 e. The molecule has 0 amide bonds. The second-order valence-corrected chi connectivity index (χ2v) is 6.82. The molecule has 0 spiro atoms. The number of hydrogen-bond acceptors (Lipinski definition) is 0. The Morgan fingerprint density at radius 1 is 0.720 bits per heavy atom. The molecule has 127 valence electrons. The van der Waals surface area contributed by atoms with Crippen molar-refractivity contribution in [2.24, 2.45) is 5.92 Å². The second-order valence-electron chi connectivity index (χ2n) is 6.82. The predicted molar refractivity (Wildman–Crippen MR) is 108 cm³/mol. The summed E-state index contributed by atoms with van der Waals surface area (Å²) in [5, 5.41) is 0. The van der Waals surface area contributed by atoms with E-state index in [1.54, 1.807) is 5.92 Å². The summed E-state index contributed by atoms with van der Waals surface area (Å²) in [5.74, 6) is 2.14. The van der Waals surface area contributed by atoms with Crippen LogP contribution in [0.3, 0.4) is 0 Å². The third-order valence-electron chi connectivity index (χ3n) is 5.05. The third kappa shape index (κ3) is 4.60. The lowest BCUT2D eigenvalue weighted by Crippen LogP contribution is -2.15. The van der Waals surface area contributed by atoms with E-state index in [9.17, 15) is 0 Å². The van der Waals surface area contributed by atoms with Crippen LogP contribution in [-0.4, -0.2) is 0 Å². The Kier molecular flexibility index (Phi) is 6.06. The lowest BCUT2D eigenvalue weighted by molar-refractivity contribution is 0.573. The Balaban J connectivity index is 1.92. The average Bonchev–Trinajstić information content (AvgIpc) is 2.68. The van der Waals surface area contributed by atoms with Crippen molar-refractivity contribution in [1.29, 1.82) is 0 Å². The predicted octanol–water partition coefficient (Wildman–Crippen LogP) is 6.49. The van der Waals surface area contributed by atoms with Gasteiger partial charge in [0, 0.05) is 5.92 Å². The summed E-state index contributed by atoms with van der Waals surface area (Å²) in [7, 11) is 0. The van der Waals surface area contributed by atoms with Crippen LogP contribution in [0, 0.1) is 11.8 Å². The summed E-state index contributed by atoms with van der Waals surface area (Å²) in [5.41, 5.74) is 5.63. The first kappa shape index (κ1) is 17.5. The Bertz CT molecular complexity index is 758. The van der Waals surface area contributed by atoms with E-state index in [1.165, 1.54) is 28.7 Å². The van der Waals surface area contributed by atoms with Gasteiger partial charge >= 0.3 is 0 Å². The molecule has 1 atom stereocenters. The zero-order chi connectivity index (χ0) is 17.5. The van der Waals surface area contributed by atoms with Crippen LogP contribution in [0.5, 0.6) is 0 Å². The van der Waals surface area contributed by atoms with Crippen LogP contribution in [0.2, 0.25) is 0 Å². The van der Waals surface area contributed by atoms with Crippen molar-refractivity contribution in [1.82, 2.24) is 0 Å². The van der Waals surface area contributed by atoms with E-state index in [4.69, 9.17) is 0 Å². The lowest BCUT2D eigenvalue weighted by atomic mass is 9.78. The van der Waals surface area contributed by atoms with E-state index in [0.29, 0.717) is 5.92 Å². The highest BCUT2D eigenvalue weighted by atomic mass is 14.3. The Labute approximate surface area is 152 Å². The molecule has 3 rings (SSSR count). The van der Waals surface area contributed by atoms with Crippen LogP contribution in [0.1, 0.15) is 42.5 Å². The van der Waals surface area contributed by atoms with E-state index in [0.717, 1.165) is 12.8 Å². The molecule has 1 radical (unpaired) electrons. The van der Waals surface area contributed by atoms with Crippen molar-refractivity contribution in [3.05, 3.63) is 113 Å².